The Hall–Kier alpha value is -1.06. The summed E-state index contributed by atoms with van der Waals surface area (Å²) in [6.45, 7) is 9.68. The number of nitrogens with two attached hydrogens (primary N) is 1. The van der Waals surface area contributed by atoms with Crippen LogP contribution in [0.4, 0.5) is 4.79 Å². The summed E-state index contributed by atoms with van der Waals surface area (Å²) in [5.74, 6) is 1.81. The Bertz CT molecular complexity index is 375. The second-order valence-electron chi connectivity index (χ2n) is 7.03. The monoisotopic (exact) mass is 265 g/mol. The van der Waals surface area contributed by atoms with Crippen molar-refractivity contribution in [3.63, 3.8) is 0 Å². The Morgan fingerprint density at radius 2 is 1.84 bits per heavy atom. The lowest BCUT2D eigenvalue weighted by Crippen LogP contribution is -2.47. The highest BCUT2D eigenvalue weighted by atomic mass is 16.2. The fourth-order valence-corrected chi connectivity index (χ4v) is 3.65. The van der Waals surface area contributed by atoms with Gasteiger partial charge in [0, 0.05) is 6.54 Å². The third-order valence-electron chi connectivity index (χ3n) is 4.89. The van der Waals surface area contributed by atoms with Crippen molar-refractivity contribution in [2.75, 3.05) is 6.54 Å². The normalized spacial score (nSPS) is 32.6. The van der Waals surface area contributed by atoms with Gasteiger partial charge in [0.2, 0.25) is 0 Å². The van der Waals surface area contributed by atoms with E-state index >= 15 is 0 Å². The number of likely N-dealkylation sites (N-methyl/N-ethyl adjacent to an activating group) is 1. The molecule has 0 aromatic heterocycles. The molecule has 0 spiro atoms. The van der Waals surface area contributed by atoms with Crippen LogP contribution in [0, 0.1) is 17.3 Å². The van der Waals surface area contributed by atoms with E-state index in [9.17, 15) is 4.79 Å². The van der Waals surface area contributed by atoms with Crippen molar-refractivity contribution in [3.05, 3.63) is 0 Å². The minimum Gasteiger partial charge on any atom is -0.385 e. The SMILES string of the molecule is CCN1C(=O)N=C(N)C1C1CCC(C(C)(C)C)CC1. The smallest absolute Gasteiger partial charge is 0.345 e. The van der Waals surface area contributed by atoms with Crippen LogP contribution in [-0.2, 0) is 0 Å². The molecule has 108 valence electrons. The molecule has 19 heavy (non-hydrogen) atoms. The van der Waals surface area contributed by atoms with E-state index in [1.54, 1.807) is 0 Å². The zero-order valence-corrected chi connectivity index (χ0v) is 12.6. The molecule has 0 aromatic rings. The molecule has 1 atom stereocenters. The molecule has 0 aromatic carbocycles. The fraction of sp³-hybridized carbons (Fsp3) is 0.867. The minimum atomic E-state index is -0.150. The Labute approximate surface area is 116 Å². The molecule has 4 heteroatoms. The lowest BCUT2D eigenvalue weighted by atomic mass is 9.68. The van der Waals surface area contributed by atoms with E-state index in [0.717, 1.165) is 18.8 Å². The Kier molecular flexibility index (Phi) is 3.88. The molecule has 2 aliphatic rings. The summed E-state index contributed by atoms with van der Waals surface area (Å²) in [5, 5.41) is 0. The topological polar surface area (TPSA) is 58.7 Å². The second-order valence-corrected chi connectivity index (χ2v) is 7.03. The maximum Gasteiger partial charge on any atom is 0.345 e. The van der Waals surface area contributed by atoms with Crippen molar-refractivity contribution in [2.45, 2.75) is 59.4 Å². The van der Waals surface area contributed by atoms with Gasteiger partial charge in [-0.1, -0.05) is 20.8 Å². The summed E-state index contributed by atoms with van der Waals surface area (Å²) < 4.78 is 0. The van der Waals surface area contributed by atoms with Gasteiger partial charge in [0.25, 0.3) is 0 Å². The van der Waals surface area contributed by atoms with Crippen LogP contribution in [-0.4, -0.2) is 29.4 Å². The maximum absolute atomic E-state index is 11.8. The van der Waals surface area contributed by atoms with Gasteiger partial charge in [-0.2, -0.15) is 4.99 Å². The van der Waals surface area contributed by atoms with Gasteiger partial charge in [-0.05, 0) is 49.9 Å². The number of amides is 2. The molecule has 1 unspecified atom stereocenters. The van der Waals surface area contributed by atoms with Gasteiger partial charge in [0.05, 0.1) is 6.04 Å². The van der Waals surface area contributed by atoms with Crippen LogP contribution in [0.2, 0.25) is 0 Å². The van der Waals surface area contributed by atoms with E-state index < -0.39 is 0 Å². The van der Waals surface area contributed by atoms with Crippen molar-refractivity contribution < 1.29 is 4.79 Å². The Morgan fingerprint density at radius 3 is 2.32 bits per heavy atom. The summed E-state index contributed by atoms with van der Waals surface area (Å²) in [6, 6.07) is -0.0960. The molecule has 2 amide bonds. The van der Waals surface area contributed by atoms with E-state index in [1.165, 1.54) is 12.8 Å². The molecule has 1 aliphatic carbocycles. The van der Waals surface area contributed by atoms with Gasteiger partial charge in [-0.25, -0.2) is 4.79 Å². The van der Waals surface area contributed by atoms with Gasteiger partial charge >= 0.3 is 6.03 Å². The summed E-state index contributed by atoms with van der Waals surface area (Å²) in [4.78, 5) is 17.5. The number of hydrogen-bond acceptors (Lipinski definition) is 2. The number of nitrogens with zero attached hydrogens (tertiary/aromatic N) is 2. The lowest BCUT2D eigenvalue weighted by molar-refractivity contribution is 0.121. The van der Waals surface area contributed by atoms with Crippen LogP contribution in [0.5, 0.6) is 0 Å². The number of hydrogen-bond donors (Lipinski definition) is 1. The molecule has 0 bridgehead atoms. The van der Waals surface area contributed by atoms with Crippen LogP contribution in [0.15, 0.2) is 4.99 Å². The molecule has 1 heterocycles. The largest absolute Gasteiger partial charge is 0.385 e. The lowest BCUT2D eigenvalue weighted by Gasteiger charge is -2.40. The van der Waals surface area contributed by atoms with Crippen molar-refractivity contribution in [2.24, 2.45) is 28.0 Å². The van der Waals surface area contributed by atoms with Crippen molar-refractivity contribution in [3.8, 4) is 0 Å². The van der Waals surface area contributed by atoms with Crippen molar-refractivity contribution in [1.29, 1.82) is 0 Å². The van der Waals surface area contributed by atoms with E-state index in [-0.39, 0.29) is 12.1 Å². The number of amidine groups is 1. The standard InChI is InChI=1S/C15H27N3O/c1-5-18-12(13(16)17-14(18)19)10-6-8-11(9-7-10)15(2,3)4/h10-12H,5-9H2,1-4H3,(H2,16,17,19). The zero-order chi connectivity index (χ0) is 14.2. The predicted molar refractivity (Wildman–Crippen MR) is 78.1 cm³/mol. The molecule has 2 rings (SSSR count). The van der Waals surface area contributed by atoms with Crippen LogP contribution >= 0.6 is 0 Å². The number of urea groups is 1. The van der Waals surface area contributed by atoms with E-state index in [0.29, 0.717) is 23.7 Å². The number of carbonyl (C=O) groups excluding carboxylic acids is 1. The Morgan fingerprint density at radius 1 is 1.26 bits per heavy atom. The minimum absolute atomic E-state index is 0.0541. The zero-order valence-electron chi connectivity index (χ0n) is 12.6. The summed E-state index contributed by atoms with van der Waals surface area (Å²) >= 11 is 0. The first kappa shape index (κ1) is 14.4. The average Bonchev–Trinajstić information content (AvgIpc) is 2.62. The molecule has 4 nitrogen and oxygen atoms in total. The highest BCUT2D eigenvalue weighted by Crippen LogP contribution is 2.42. The van der Waals surface area contributed by atoms with Crippen LogP contribution < -0.4 is 5.73 Å². The highest BCUT2D eigenvalue weighted by Gasteiger charge is 2.40. The quantitative estimate of drug-likeness (QED) is 0.834. The first-order valence-corrected chi connectivity index (χ1v) is 7.49. The van der Waals surface area contributed by atoms with Gasteiger partial charge in [0.15, 0.2) is 0 Å². The third kappa shape index (κ3) is 2.77. The Balaban J connectivity index is 2.02. The summed E-state index contributed by atoms with van der Waals surface area (Å²) in [7, 11) is 0. The molecule has 1 aliphatic heterocycles. The van der Waals surface area contributed by atoms with Crippen molar-refractivity contribution >= 4 is 11.9 Å². The molecular formula is C15H27N3O. The number of rotatable bonds is 2. The third-order valence-corrected chi connectivity index (χ3v) is 4.89. The summed E-state index contributed by atoms with van der Waals surface area (Å²) in [5.41, 5.74) is 6.36. The molecule has 1 saturated carbocycles. The maximum atomic E-state index is 11.8. The first-order chi connectivity index (χ1) is 8.84. The molecule has 0 radical (unpaired) electrons. The van der Waals surface area contributed by atoms with E-state index in [4.69, 9.17) is 5.73 Å². The van der Waals surface area contributed by atoms with Crippen molar-refractivity contribution in [1.82, 2.24) is 4.90 Å². The van der Waals surface area contributed by atoms with Gasteiger partial charge < -0.3 is 10.6 Å². The molecule has 2 N–H and O–H groups in total. The predicted octanol–water partition coefficient (Wildman–Crippen LogP) is 3.02. The fourth-order valence-electron chi connectivity index (χ4n) is 3.65. The molecule has 0 saturated heterocycles. The first-order valence-electron chi connectivity index (χ1n) is 7.49. The molecular weight excluding hydrogens is 238 g/mol. The van der Waals surface area contributed by atoms with Gasteiger partial charge in [-0.15, -0.1) is 0 Å². The molecule has 1 fully saturated rings. The van der Waals surface area contributed by atoms with Crippen LogP contribution in [0.1, 0.15) is 53.4 Å². The van der Waals surface area contributed by atoms with Gasteiger partial charge in [-0.3, -0.25) is 0 Å². The number of aliphatic imine (C=N–C) groups is 1. The number of carbonyl (C=O) groups is 1. The summed E-state index contributed by atoms with van der Waals surface area (Å²) in [6.07, 6.45) is 4.80. The second kappa shape index (κ2) is 5.14. The highest BCUT2D eigenvalue weighted by molar-refractivity contribution is 6.02. The van der Waals surface area contributed by atoms with Gasteiger partial charge in [0.1, 0.15) is 5.84 Å². The van der Waals surface area contributed by atoms with E-state index in [2.05, 4.69) is 25.8 Å². The van der Waals surface area contributed by atoms with Crippen LogP contribution in [0.3, 0.4) is 0 Å². The average molecular weight is 265 g/mol. The van der Waals surface area contributed by atoms with Crippen LogP contribution in [0.25, 0.3) is 0 Å². The van der Waals surface area contributed by atoms with E-state index in [1.807, 2.05) is 11.8 Å².